The summed E-state index contributed by atoms with van der Waals surface area (Å²) in [6.45, 7) is 0. The Morgan fingerprint density at radius 2 is 0.833 bits per heavy atom. The first kappa shape index (κ1) is 35.2. The molecule has 1 heterocycles. The standard InChI is InChI=1S/C55H38N2O3/c58-44-24-21-42(22-25-44)56(41-19-16-36(17-20-41)37-18-30-53-49(32-37)50-34-45(59)27-31-54(50)57(53)40-14-8-3-9-15-40)43-23-28-47-48-29-26-46(60)35-52(48)55(51(47)33-43,38-10-4-1-5-11-38)39-12-6-2-7-13-39/h1-35,58-60H. The number of fused-ring (bicyclic) bond motifs is 6. The van der Waals surface area contributed by atoms with Gasteiger partial charge in [0.05, 0.1) is 16.4 Å². The highest BCUT2D eigenvalue weighted by Crippen LogP contribution is 2.58. The van der Waals surface area contributed by atoms with Crippen LogP contribution in [0.1, 0.15) is 22.3 Å². The molecular weight excluding hydrogens is 737 g/mol. The molecule has 0 fully saturated rings. The van der Waals surface area contributed by atoms with E-state index in [1.54, 1.807) is 24.3 Å². The highest BCUT2D eigenvalue weighted by atomic mass is 16.3. The van der Waals surface area contributed by atoms with Gasteiger partial charge in [0, 0.05) is 33.5 Å². The Labute approximate surface area is 347 Å². The molecule has 1 aliphatic carbocycles. The van der Waals surface area contributed by atoms with Gasteiger partial charge in [-0.3, -0.25) is 0 Å². The summed E-state index contributed by atoms with van der Waals surface area (Å²) < 4.78 is 2.24. The molecule has 0 saturated carbocycles. The number of rotatable bonds is 7. The first-order valence-corrected chi connectivity index (χ1v) is 20.1. The van der Waals surface area contributed by atoms with E-state index >= 15 is 0 Å². The number of anilines is 3. The Hall–Kier alpha value is -8.02. The zero-order chi connectivity index (χ0) is 40.4. The third kappa shape index (κ3) is 5.48. The fraction of sp³-hybridized carbons (Fsp3) is 0.0182. The molecule has 0 saturated heterocycles. The van der Waals surface area contributed by atoms with Crippen molar-refractivity contribution in [1.82, 2.24) is 4.57 Å². The van der Waals surface area contributed by atoms with Crippen molar-refractivity contribution in [2.24, 2.45) is 0 Å². The van der Waals surface area contributed by atoms with E-state index < -0.39 is 5.41 Å². The summed E-state index contributed by atoms with van der Waals surface area (Å²) >= 11 is 0. The second kappa shape index (κ2) is 13.8. The lowest BCUT2D eigenvalue weighted by molar-refractivity contribution is 0.473. The smallest absolute Gasteiger partial charge is 0.116 e. The van der Waals surface area contributed by atoms with Crippen molar-refractivity contribution in [3.8, 4) is 45.2 Å². The summed E-state index contributed by atoms with van der Waals surface area (Å²) in [5.74, 6) is 0.655. The number of hydrogen-bond acceptors (Lipinski definition) is 4. The van der Waals surface area contributed by atoms with Crippen molar-refractivity contribution < 1.29 is 15.3 Å². The Kier molecular flexibility index (Phi) is 8.10. The summed E-state index contributed by atoms with van der Waals surface area (Å²) in [5, 5.41) is 34.0. The van der Waals surface area contributed by atoms with E-state index in [2.05, 4.69) is 131 Å². The van der Waals surface area contributed by atoms with Crippen LogP contribution in [0.3, 0.4) is 0 Å². The summed E-state index contributed by atoms with van der Waals surface area (Å²) in [6.07, 6.45) is 0. The van der Waals surface area contributed by atoms with Crippen molar-refractivity contribution in [2.45, 2.75) is 5.41 Å². The molecule has 1 aliphatic rings. The summed E-state index contributed by atoms with van der Waals surface area (Å²) in [4.78, 5) is 2.23. The van der Waals surface area contributed by atoms with Crippen molar-refractivity contribution >= 4 is 38.9 Å². The molecule has 5 nitrogen and oxygen atoms in total. The SMILES string of the molecule is Oc1ccc(N(c2ccc(-c3ccc4c(c3)c3cc(O)ccc3n4-c3ccccc3)cc2)c2ccc3c(c2)C(c2ccccc2)(c2ccccc2)c2cc(O)ccc2-3)cc1. The highest BCUT2D eigenvalue weighted by Gasteiger charge is 2.46. The molecule has 0 bridgehead atoms. The molecule has 0 aliphatic heterocycles. The average Bonchev–Trinajstić information content (AvgIpc) is 3.77. The number of benzene rings is 9. The van der Waals surface area contributed by atoms with Crippen molar-refractivity contribution in [3.05, 3.63) is 235 Å². The highest BCUT2D eigenvalue weighted by molar-refractivity contribution is 6.11. The average molecular weight is 775 g/mol. The van der Waals surface area contributed by atoms with Crippen LogP contribution in [-0.2, 0) is 5.41 Å². The van der Waals surface area contributed by atoms with Gasteiger partial charge in [0.1, 0.15) is 17.2 Å². The van der Waals surface area contributed by atoms with Crippen LogP contribution in [0.5, 0.6) is 17.2 Å². The van der Waals surface area contributed by atoms with Crippen LogP contribution < -0.4 is 4.90 Å². The Morgan fingerprint density at radius 3 is 1.48 bits per heavy atom. The molecule has 0 radical (unpaired) electrons. The van der Waals surface area contributed by atoms with E-state index in [4.69, 9.17) is 0 Å². The number of para-hydroxylation sites is 1. The first-order chi connectivity index (χ1) is 29.5. The molecule has 0 atom stereocenters. The lowest BCUT2D eigenvalue weighted by atomic mass is 9.67. The normalized spacial score (nSPS) is 12.7. The van der Waals surface area contributed by atoms with Gasteiger partial charge in [-0.25, -0.2) is 0 Å². The van der Waals surface area contributed by atoms with E-state index in [0.717, 1.165) is 89.1 Å². The van der Waals surface area contributed by atoms with Crippen LogP contribution in [-0.4, -0.2) is 19.9 Å². The second-order valence-corrected chi connectivity index (χ2v) is 15.4. The third-order valence-electron chi connectivity index (χ3n) is 12.1. The molecule has 10 aromatic rings. The molecule has 3 N–H and O–H groups in total. The molecule has 0 unspecified atom stereocenters. The molecule has 11 rings (SSSR count). The summed E-state index contributed by atoms with van der Waals surface area (Å²) in [7, 11) is 0. The van der Waals surface area contributed by atoms with Crippen molar-refractivity contribution in [2.75, 3.05) is 4.90 Å². The van der Waals surface area contributed by atoms with Crippen molar-refractivity contribution in [3.63, 3.8) is 0 Å². The maximum absolute atomic E-state index is 11.0. The zero-order valence-corrected chi connectivity index (χ0v) is 32.4. The van der Waals surface area contributed by atoms with Gasteiger partial charge in [0.15, 0.2) is 0 Å². The maximum Gasteiger partial charge on any atom is 0.116 e. The van der Waals surface area contributed by atoms with Crippen molar-refractivity contribution in [1.29, 1.82) is 0 Å². The van der Waals surface area contributed by atoms with Crippen LogP contribution in [0.15, 0.2) is 212 Å². The second-order valence-electron chi connectivity index (χ2n) is 15.4. The quantitative estimate of drug-likeness (QED) is 0.151. The Bertz CT molecular complexity index is 3170. The number of aromatic hydroxyl groups is 3. The van der Waals surface area contributed by atoms with Crippen LogP contribution in [0.25, 0.3) is 49.7 Å². The molecule has 60 heavy (non-hydrogen) atoms. The minimum Gasteiger partial charge on any atom is -0.508 e. The Balaban J connectivity index is 1.07. The molecule has 1 aromatic heterocycles. The maximum atomic E-state index is 11.0. The molecule has 0 amide bonds. The fourth-order valence-corrected chi connectivity index (χ4v) is 9.50. The lowest BCUT2D eigenvalue weighted by Crippen LogP contribution is -2.28. The number of nitrogens with zero attached hydrogens (tertiary/aromatic N) is 2. The number of hydrogen-bond donors (Lipinski definition) is 3. The Morgan fingerprint density at radius 1 is 0.367 bits per heavy atom. The zero-order valence-electron chi connectivity index (χ0n) is 32.4. The summed E-state index contributed by atoms with van der Waals surface area (Å²) in [6, 6.07) is 71.9. The van der Waals surface area contributed by atoms with E-state index in [9.17, 15) is 15.3 Å². The van der Waals surface area contributed by atoms with Gasteiger partial charge in [-0.2, -0.15) is 0 Å². The molecule has 5 heteroatoms. The number of phenols is 3. The van der Waals surface area contributed by atoms with Gasteiger partial charge < -0.3 is 24.8 Å². The minimum atomic E-state index is -0.703. The molecular formula is C55H38N2O3. The lowest BCUT2D eigenvalue weighted by Gasteiger charge is -2.35. The predicted molar refractivity (Wildman–Crippen MR) is 243 cm³/mol. The largest absolute Gasteiger partial charge is 0.508 e. The van der Waals surface area contributed by atoms with Gasteiger partial charge in [-0.1, -0.05) is 109 Å². The van der Waals surface area contributed by atoms with Gasteiger partial charge in [-0.15, -0.1) is 0 Å². The van der Waals surface area contributed by atoms with Crippen LogP contribution in [0.4, 0.5) is 17.1 Å². The van der Waals surface area contributed by atoms with Gasteiger partial charge in [-0.05, 0) is 148 Å². The third-order valence-corrected chi connectivity index (χ3v) is 12.1. The fourth-order valence-electron chi connectivity index (χ4n) is 9.50. The monoisotopic (exact) mass is 774 g/mol. The van der Waals surface area contributed by atoms with Crippen LogP contribution >= 0.6 is 0 Å². The van der Waals surface area contributed by atoms with E-state index in [0.29, 0.717) is 0 Å². The first-order valence-electron chi connectivity index (χ1n) is 20.1. The van der Waals surface area contributed by atoms with Gasteiger partial charge in [0.2, 0.25) is 0 Å². The summed E-state index contributed by atoms with van der Waals surface area (Å²) in [5.41, 5.74) is 14.0. The number of phenolic OH excluding ortho intramolecular Hbond substituents is 3. The topological polar surface area (TPSA) is 68.9 Å². The molecule has 9 aromatic carbocycles. The predicted octanol–water partition coefficient (Wildman–Crippen LogP) is 13.4. The molecule has 0 spiro atoms. The van der Waals surface area contributed by atoms with E-state index in [-0.39, 0.29) is 17.2 Å². The number of aromatic nitrogens is 1. The minimum absolute atomic E-state index is 0.197. The molecule has 286 valence electrons. The van der Waals surface area contributed by atoms with Gasteiger partial charge >= 0.3 is 0 Å². The van der Waals surface area contributed by atoms with Crippen LogP contribution in [0, 0.1) is 0 Å². The van der Waals surface area contributed by atoms with E-state index in [1.807, 2.05) is 66.7 Å². The van der Waals surface area contributed by atoms with E-state index in [1.165, 1.54) is 0 Å². The van der Waals surface area contributed by atoms with Gasteiger partial charge in [0.25, 0.3) is 0 Å². The van der Waals surface area contributed by atoms with Crippen LogP contribution in [0.2, 0.25) is 0 Å².